The van der Waals surface area contributed by atoms with E-state index in [1.807, 2.05) is 12.5 Å². The number of anilines is 1. The Kier molecular flexibility index (Phi) is 4.24. The summed E-state index contributed by atoms with van der Waals surface area (Å²) in [6.07, 6.45) is 3.85. The van der Waals surface area contributed by atoms with E-state index in [2.05, 4.69) is 61.1 Å². The van der Waals surface area contributed by atoms with Gasteiger partial charge in [-0.05, 0) is 42.3 Å². The van der Waals surface area contributed by atoms with E-state index in [0.717, 1.165) is 44.1 Å². The lowest BCUT2D eigenvalue weighted by Crippen LogP contribution is -2.46. The number of thiophene rings is 1. The molecule has 6 heteroatoms. The second kappa shape index (κ2) is 6.53. The summed E-state index contributed by atoms with van der Waals surface area (Å²) in [7, 11) is 0. The molecule has 0 atom stereocenters. The molecule has 1 aliphatic heterocycles. The number of nitrogens with zero attached hydrogens (tertiary/aromatic N) is 5. The summed E-state index contributed by atoms with van der Waals surface area (Å²) < 4.78 is 2.22. The summed E-state index contributed by atoms with van der Waals surface area (Å²) in [5.41, 5.74) is 3.62. The maximum atomic E-state index is 4.64. The highest BCUT2D eigenvalue weighted by Crippen LogP contribution is 2.26. The summed E-state index contributed by atoms with van der Waals surface area (Å²) in [6.45, 7) is 9.57. The van der Waals surface area contributed by atoms with Crippen molar-refractivity contribution in [3.63, 3.8) is 0 Å². The van der Waals surface area contributed by atoms with E-state index in [0.29, 0.717) is 6.04 Å². The quantitative estimate of drug-likeness (QED) is 0.729. The van der Waals surface area contributed by atoms with Crippen LogP contribution in [0.15, 0.2) is 35.4 Å². The minimum Gasteiger partial charge on any atom is -0.352 e. The molecule has 0 N–H and O–H groups in total. The average molecular weight is 341 g/mol. The van der Waals surface area contributed by atoms with Crippen LogP contribution in [0.5, 0.6) is 0 Å². The van der Waals surface area contributed by atoms with E-state index in [1.54, 1.807) is 11.3 Å². The fourth-order valence-corrected chi connectivity index (χ4v) is 4.01. The molecule has 126 valence electrons. The highest BCUT2D eigenvalue weighted by Gasteiger charge is 2.21. The normalized spacial score (nSPS) is 16.4. The van der Waals surface area contributed by atoms with Crippen molar-refractivity contribution in [2.24, 2.45) is 0 Å². The van der Waals surface area contributed by atoms with Gasteiger partial charge in [0.25, 0.3) is 0 Å². The van der Waals surface area contributed by atoms with Crippen molar-refractivity contribution in [2.45, 2.75) is 26.4 Å². The molecule has 1 saturated heterocycles. The van der Waals surface area contributed by atoms with Gasteiger partial charge in [0.15, 0.2) is 5.82 Å². The Morgan fingerprint density at radius 2 is 1.96 bits per heavy atom. The van der Waals surface area contributed by atoms with Crippen LogP contribution >= 0.6 is 11.3 Å². The van der Waals surface area contributed by atoms with Crippen LogP contribution in [0, 0.1) is 0 Å². The van der Waals surface area contributed by atoms with Crippen LogP contribution < -0.4 is 4.90 Å². The van der Waals surface area contributed by atoms with E-state index in [4.69, 9.17) is 0 Å². The highest BCUT2D eigenvalue weighted by molar-refractivity contribution is 7.07. The number of aromatic nitrogens is 3. The monoisotopic (exact) mass is 341 g/mol. The fraction of sp³-hybridized carbons (Fsp3) is 0.444. The number of imidazole rings is 1. The van der Waals surface area contributed by atoms with Gasteiger partial charge >= 0.3 is 0 Å². The fourth-order valence-electron chi connectivity index (χ4n) is 3.35. The zero-order chi connectivity index (χ0) is 16.5. The molecule has 0 aromatic carbocycles. The standard InChI is InChI=1S/C18H23N5S/c1-14(2)23-13-20-17-16(23)3-5-19-18(17)22-8-6-21(7-9-22)11-15-4-10-24-12-15/h3-5,10,12-14H,6-9,11H2,1-2H3. The molecule has 0 bridgehead atoms. The Morgan fingerprint density at radius 3 is 2.67 bits per heavy atom. The molecule has 24 heavy (non-hydrogen) atoms. The summed E-state index contributed by atoms with van der Waals surface area (Å²) in [5.74, 6) is 1.03. The third-order valence-electron chi connectivity index (χ3n) is 4.69. The van der Waals surface area contributed by atoms with E-state index in [1.165, 1.54) is 11.1 Å². The third kappa shape index (κ3) is 2.91. The lowest BCUT2D eigenvalue weighted by atomic mass is 10.2. The Bertz CT molecular complexity index is 800. The van der Waals surface area contributed by atoms with Crippen LogP contribution in [-0.2, 0) is 6.54 Å². The van der Waals surface area contributed by atoms with Gasteiger partial charge in [0, 0.05) is 45.0 Å². The highest BCUT2D eigenvalue weighted by atomic mass is 32.1. The molecule has 5 nitrogen and oxygen atoms in total. The Morgan fingerprint density at radius 1 is 1.12 bits per heavy atom. The first kappa shape index (κ1) is 15.6. The van der Waals surface area contributed by atoms with Crippen LogP contribution in [0.25, 0.3) is 11.0 Å². The minimum absolute atomic E-state index is 0.410. The number of fused-ring (bicyclic) bond motifs is 1. The summed E-state index contributed by atoms with van der Waals surface area (Å²) in [6, 6.07) is 4.70. The van der Waals surface area contributed by atoms with Crippen LogP contribution in [0.3, 0.4) is 0 Å². The molecule has 0 saturated carbocycles. The Balaban J connectivity index is 1.50. The maximum Gasteiger partial charge on any atom is 0.156 e. The number of hydrogen-bond donors (Lipinski definition) is 0. The third-order valence-corrected chi connectivity index (χ3v) is 5.42. The van der Waals surface area contributed by atoms with Crippen LogP contribution in [0.4, 0.5) is 5.82 Å². The topological polar surface area (TPSA) is 37.2 Å². The van der Waals surface area contributed by atoms with E-state index in [9.17, 15) is 0 Å². The number of hydrogen-bond acceptors (Lipinski definition) is 5. The molecule has 0 radical (unpaired) electrons. The lowest BCUT2D eigenvalue weighted by molar-refractivity contribution is 0.250. The second-order valence-electron chi connectivity index (χ2n) is 6.64. The van der Waals surface area contributed by atoms with Gasteiger partial charge in [0.05, 0.1) is 11.8 Å². The molecule has 4 rings (SSSR count). The first-order valence-corrected chi connectivity index (χ1v) is 9.46. The molecular formula is C18H23N5S. The van der Waals surface area contributed by atoms with E-state index in [-0.39, 0.29) is 0 Å². The molecule has 0 aliphatic carbocycles. The summed E-state index contributed by atoms with van der Waals surface area (Å²) >= 11 is 1.77. The first-order chi connectivity index (χ1) is 11.7. The maximum absolute atomic E-state index is 4.64. The van der Waals surface area contributed by atoms with Crippen molar-refractivity contribution in [2.75, 3.05) is 31.1 Å². The largest absolute Gasteiger partial charge is 0.352 e. The molecule has 0 amide bonds. The molecule has 3 aromatic heterocycles. The number of pyridine rings is 1. The van der Waals surface area contributed by atoms with Gasteiger partial charge in [-0.1, -0.05) is 0 Å². The van der Waals surface area contributed by atoms with E-state index >= 15 is 0 Å². The predicted octanol–water partition coefficient (Wildman–Crippen LogP) is 3.40. The Labute approximate surface area is 146 Å². The predicted molar refractivity (Wildman–Crippen MR) is 99.7 cm³/mol. The SMILES string of the molecule is CC(C)n1cnc2c(N3CCN(Cc4ccsc4)CC3)nccc21. The lowest BCUT2D eigenvalue weighted by Gasteiger charge is -2.35. The molecule has 3 aromatic rings. The van der Waals surface area contributed by atoms with Gasteiger partial charge in [0.1, 0.15) is 5.52 Å². The number of piperazine rings is 1. The average Bonchev–Trinajstić information content (AvgIpc) is 3.24. The van der Waals surface area contributed by atoms with Gasteiger partial charge in [-0.25, -0.2) is 9.97 Å². The molecule has 1 fully saturated rings. The van der Waals surface area contributed by atoms with Gasteiger partial charge in [-0.2, -0.15) is 11.3 Å². The van der Waals surface area contributed by atoms with Crippen molar-refractivity contribution in [3.8, 4) is 0 Å². The summed E-state index contributed by atoms with van der Waals surface area (Å²) in [5, 5.41) is 4.40. The second-order valence-corrected chi connectivity index (χ2v) is 7.42. The molecule has 1 aliphatic rings. The Hall–Kier alpha value is -1.92. The van der Waals surface area contributed by atoms with Crippen molar-refractivity contribution in [1.82, 2.24) is 19.4 Å². The van der Waals surface area contributed by atoms with Crippen molar-refractivity contribution in [1.29, 1.82) is 0 Å². The van der Waals surface area contributed by atoms with Gasteiger partial charge < -0.3 is 9.47 Å². The van der Waals surface area contributed by atoms with Gasteiger partial charge in [0.2, 0.25) is 0 Å². The van der Waals surface area contributed by atoms with Crippen molar-refractivity contribution >= 4 is 28.2 Å². The zero-order valence-electron chi connectivity index (χ0n) is 14.2. The van der Waals surface area contributed by atoms with Gasteiger partial charge in [-0.3, -0.25) is 4.90 Å². The van der Waals surface area contributed by atoms with Crippen molar-refractivity contribution in [3.05, 3.63) is 41.0 Å². The van der Waals surface area contributed by atoms with Crippen LogP contribution in [0.1, 0.15) is 25.5 Å². The molecule has 0 unspecified atom stereocenters. The molecular weight excluding hydrogens is 318 g/mol. The first-order valence-electron chi connectivity index (χ1n) is 8.52. The molecule has 4 heterocycles. The minimum atomic E-state index is 0.410. The van der Waals surface area contributed by atoms with E-state index < -0.39 is 0 Å². The summed E-state index contributed by atoms with van der Waals surface area (Å²) in [4.78, 5) is 14.2. The van der Waals surface area contributed by atoms with Crippen molar-refractivity contribution < 1.29 is 0 Å². The number of rotatable bonds is 4. The molecule has 0 spiro atoms. The smallest absolute Gasteiger partial charge is 0.156 e. The zero-order valence-corrected chi connectivity index (χ0v) is 15.0. The van der Waals surface area contributed by atoms with Crippen LogP contribution in [-0.4, -0.2) is 45.6 Å². The van der Waals surface area contributed by atoms with Crippen LogP contribution in [0.2, 0.25) is 0 Å². The van der Waals surface area contributed by atoms with Gasteiger partial charge in [-0.15, -0.1) is 0 Å².